The van der Waals surface area contributed by atoms with E-state index in [1.807, 2.05) is 11.6 Å². The van der Waals surface area contributed by atoms with Gasteiger partial charge >= 0.3 is 0 Å². The summed E-state index contributed by atoms with van der Waals surface area (Å²) >= 11 is 1.68. The van der Waals surface area contributed by atoms with Gasteiger partial charge in [-0.25, -0.2) is 4.98 Å². The highest BCUT2D eigenvalue weighted by Crippen LogP contribution is 2.48. The molecule has 0 bridgehead atoms. The Hall–Kier alpha value is -2.67. The van der Waals surface area contributed by atoms with Crippen molar-refractivity contribution >= 4 is 48.4 Å². The molecule has 0 aliphatic rings. The first-order chi connectivity index (χ1) is 18.3. The maximum absolute atomic E-state index is 7.07. The molecule has 1 heterocycles. The summed E-state index contributed by atoms with van der Waals surface area (Å²) in [7, 11) is -1.07. The lowest BCUT2D eigenvalue weighted by Gasteiger charge is -2.33. The van der Waals surface area contributed by atoms with E-state index in [9.17, 15) is 0 Å². The molecule has 0 saturated heterocycles. The summed E-state index contributed by atoms with van der Waals surface area (Å²) in [6.45, 7) is 0. The van der Waals surface area contributed by atoms with Crippen molar-refractivity contribution in [3.63, 3.8) is 0 Å². The first kappa shape index (κ1) is 26.0. The Morgan fingerprint density at radius 2 is 1.11 bits per heavy atom. The zero-order chi connectivity index (χ0) is 25.3. The number of rotatable bonds is 11. The maximum Gasteiger partial charge on any atom is 0.110 e. The Morgan fingerprint density at radius 3 is 1.54 bits per heavy atom. The third kappa shape index (κ3) is 6.61. The molecular formula is C32H32N2P2S. The Kier molecular flexibility index (Phi) is 9.28. The quantitative estimate of drug-likeness (QED) is 0.194. The SMILES string of the molecule is NC(c1nccs1)C(CCCP(c1ccccc1)c1ccccc1)P(c1ccccc1)c1ccccc1. The summed E-state index contributed by atoms with van der Waals surface area (Å²) in [5.74, 6) is 0. The molecule has 5 rings (SSSR count). The van der Waals surface area contributed by atoms with Crippen LogP contribution in [0.4, 0.5) is 0 Å². The van der Waals surface area contributed by atoms with Gasteiger partial charge in [-0.15, -0.1) is 11.3 Å². The normalized spacial score (nSPS) is 13.1. The van der Waals surface area contributed by atoms with E-state index in [1.54, 1.807) is 11.3 Å². The number of benzene rings is 4. The summed E-state index contributed by atoms with van der Waals surface area (Å²) in [5.41, 5.74) is 7.37. The Labute approximate surface area is 227 Å². The molecule has 0 radical (unpaired) electrons. The molecule has 5 heteroatoms. The van der Waals surface area contributed by atoms with Crippen LogP contribution in [0, 0.1) is 0 Å². The van der Waals surface area contributed by atoms with Crippen molar-refractivity contribution in [1.29, 1.82) is 0 Å². The molecule has 2 N–H and O–H groups in total. The van der Waals surface area contributed by atoms with E-state index < -0.39 is 15.8 Å². The number of hydrogen-bond donors (Lipinski definition) is 1. The van der Waals surface area contributed by atoms with E-state index in [0.717, 1.165) is 24.0 Å². The zero-order valence-electron chi connectivity index (χ0n) is 20.8. The average molecular weight is 539 g/mol. The topological polar surface area (TPSA) is 38.9 Å². The number of hydrogen-bond acceptors (Lipinski definition) is 3. The van der Waals surface area contributed by atoms with Crippen molar-refractivity contribution in [2.45, 2.75) is 24.5 Å². The molecule has 2 atom stereocenters. The standard InChI is InChI=1S/C32H32N2P2S/c33-31(32-34-23-25-37-32)30(36(28-18-9-3-10-19-28)29-20-11-4-12-21-29)22-13-24-35(26-14-5-1-6-15-26)27-16-7-2-8-17-27/h1-12,14-21,23,25,30-31H,13,22,24,33H2. The number of aromatic nitrogens is 1. The van der Waals surface area contributed by atoms with Gasteiger partial charge in [-0.2, -0.15) is 0 Å². The van der Waals surface area contributed by atoms with Crippen LogP contribution in [0.3, 0.4) is 0 Å². The molecule has 4 aromatic carbocycles. The molecule has 2 unspecified atom stereocenters. The minimum Gasteiger partial charge on any atom is -0.321 e. The van der Waals surface area contributed by atoms with Crippen LogP contribution in [0.25, 0.3) is 0 Å². The largest absolute Gasteiger partial charge is 0.321 e. The summed E-state index contributed by atoms with van der Waals surface area (Å²) in [6, 6.07) is 43.9. The average Bonchev–Trinajstić information content (AvgIpc) is 3.52. The van der Waals surface area contributed by atoms with Crippen LogP contribution >= 0.6 is 27.2 Å². The van der Waals surface area contributed by atoms with E-state index in [0.29, 0.717) is 5.66 Å². The van der Waals surface area contributed by atoms with Crippen LogP contribution in [0.15, 0.2) is 133 Å². The molecule has 2 nitrogen and oxygen atoms in total. The fourth-order valence-electron chi connectivity index (χ4n) is 4.82. The molecule has 37 heavy (non-hydrogen) atoms. The lowest BCUT2D eigenvalue weighted by molar-refractivity contribution is 0.615. The van der Waals surface area contributed by atoms with Gasteiger partial charge in [0, 0.05) is 17.2 Å². The van der Waals surface area contributed by atoms with Gasteiger partial charge in [-0.3, -0.25) is 0 Å². The molecule has 5 aromatic rings. The van der Waals surface area contributed by atoms with Gasteiger partial charge in [0.1, 0.15) is 5.01 Å². The lowest BCUT2D eigenvalue weighted by atomic mass is 10.1. The summed E-state index contributed by atoms with van der Waals surface area (Å²) in [6.07, 6.45) is 5.22. The van der Waals surface area contributed by atoms with Crippen molar-refractivity contribution in [3.05, 3.63) is 138 Å². The number of thiazole rings is 1. The number of nitrogens with zero attached hydrogens (tertiary/aromatic N) is 1. The van der Waals surface area contributed by atoms with E-state index >= 15 is 0 Å². The lowest BCUT2D eigenvalue weighted by Crippen LogP contribution is -2.32. The summed E-state index contributed by atoms with van der Waals surface area (Å²) < 4.78 is 0. The van der Waals surface area contributed by atoms with Gasteiger partial charge < -0.3 is 5.73 Å². The van der Waals surface area contributed by atoms with Gasteiger partial charge in [-0.1, -0.05) is 121 Å². The molecule has 0 aliphatic heterocycles. The van der Waals surface area contributed by atoms with Gasteiger partial charge in [0.25, 0.3) is 0 Å². The van der Waals surface area contributed by atoms with Crippen LogP contribution in [0.2, 0.25) is 0 Å². The minimum absolute atomic E-state index is 0.0915. The third-order valence-corrected chi connectivity index (χ3v) is 13.0. The molecule has 1 aromatic heterocycles. The molecule has 0 saturated carbocycles. The molecule has 186 valence electrons. The fraction of sp³-hybridized carbons (Fsp3) is 0.156. The van der Waals surface area contributed by atoms with E-state index in [-0.39, 0.29) is 6.04 Å². The van der Waals surface area contributed by atoms with Crippen molar-refractivity contribution in [3.8, 4) is 0 Å². The van der Waals surface area contributed by atoms with Gasteiger partial charge in [0.2, 0.25) is 0 Å². The molecule has 0 spiro atoms. The summed E-state index contributed by atoms with van der Waals surface area (Å²) in [4.78, 5) is 4.65. The van der Waals surface area contributed by atoms with Crippen molar-refractivity contribution < 1.29 is 0 Å². The van der Waals surface area contributed by atoms with E-state index in [4.69, 9.17) is 5.73 Å². The van der Waals surface area contributed by atoms with Gasteiger partial charge in [-0.05, 0) is 56.1 Å². The first-order valence-corrected chi connectivity index (χ1v) is 16.5. The predicted molar refractivity (Wildman–Crippen MR) is 165 cm³/mol. The third-order valence-electron chi connectivity index (χ3n) is 6.57. The highest BCUT2D eigenvalue weighted by molar-refractivity contribution is 7.74. The van der Waals surface area contributed by atoms with Crippen LogP contribution in [-0.4, -0.2) is 16.8 Å². The van der Waals surface area contributed by atoms with E-state index in [1.165, 1.54) is 21.2 Å². The Bertz CT molecular complexity index is 1240. The highest BCUT2D eigenvalue weighted by Gasteiger charge is 2.32. The van der Waals surface area contributed by atoms with Gasteiger partial charge in [0.15, 0.2) is 0 Å². The van der Waals surface area contributed by atoms with Crippen LogP contribution < -0.4 is 27.0 Å². The second-order valence-corrected chi connectivity index (χ2v) is 14.7. The monoisotopic (exact) mass is 538 g/mol. The van der Waals surface area contributed by atoms with Crippen molar-refractivity contribution in [1.82, 2.24) is 4.98 Å². The van der Waals surface area contributed by atoms with Crippen molar-refractivity contribution in [2.24, 2.45) is 5.73 Å². The van der Waals surface area contributed by atoms with Crippen LogP contribution in [0.5, 0.6) is 0 Å². The second-order valence-electron chi connectivity index (χ2n) is 8.97. The fourth-order valence-corrected chi connectivity index (χ4v) is 11.0. The molecule has 0 fully saturated rings. The Balaban J connectivity index is 1.46. The molecular weight excluding hydrogens is 506 g/mol. The molecule has 0 amide bonds. The second kappa shape index (κ2) is 13.2. The number of nitrogens with two attached hydrogens (primary N) is 1. The molecule has 0 aliphatic carbocycles. The minimum atomic E-state index is -0.649. The van der Waals surface area contributed by atoms with Crippen LogP contribution in [-0.2, 0) is 0 Å². The maximum atomic E-state index is 7.07. The predicted octanol–water partition coefficient (Wildman–Crippen LogP) is 6.56. The summed E-state index contributed by atoms with van der Waals surface area (Å²) in [5, 5.41) is 8.74. The first-order valence-electron chi connectivity index (χ1n) is 12.7. The zero-order valence-corrected chi connectivity index (χ0v) is 23.4. The highest BCUT2D eigenvalue weighted by atomic mass is 32.1. The van der Waals surface area contributed by atoms with Crippen LogP contribution in [0.1, 0.15) is 23.9 Å². The van der Waals surface area contributed by atoms with E-state index in [2.05, 4.69) is 126 Å². The Morgan fingerprint density at radius 1 is 0.649 bits per heavy atom. The smallest absolute Gasteiger partial charge is 0.110 e. The van der Waals surface area contributed by atoms with Crippen molar-refractivity contribution in [2.75, 3.05) is 6.16 Å². The van der Waals surface area contributed by atoms with Gasteiger partial charge in [0.05, 0.1) is 6.04 Å².